The molecule has 0 bridgehead atoms. The van der Waals surface area contributed by atoms with Gasteiger partial charge in [-0.3, -0.25) is 14.6 Å². The van der Waals surface area contributed by atoms with E-state index in [4.69, 9.17) is 9.47 Å². The van der Waals surface area contributed by atoms with Gasteiger partial charge in [0.15, 0.2) is 0 Å². The summed E-state index contributed by atoms with van der Waals surface area (Å²) in [5.41, 5.74) is 3.34. The number of ether oxygens (including phenoxy) is 2. The Bertz CT molecular complexity index is 1270. The highest BCUT2D eigenvalue weighted by molar-refractivity contribution is 6.46. The summed E-state index contributed by atoms with van der Waals surface area (Å²) >= 11 is 0. The summed E-state index contributed by atoms with van der Waals surface area (Å²) in [5.74, 6) is -0.285. The average molecular weight is 459 g/mol. The molecule has 3 aromatic rings. The molecule has 1 fully saturated rings. The minimum atomic E-state index is -0.829. The molecule has 1 atom stereocenters. The summed E-state index contributed by atoms with van der Waals surface area (Å²) in [6, 6.07) is 15.3. The Hall–Kier alpha value is -4.13. The van der Waals surface area contributed by atoms with Crippen molar-refractivity contribution in [3.05, 3.63) is 94.3 Å². The molecule has 1 saturated heterocycles. The van der Waals surface area contributed by atoms with Crippen molar-refractivity contribution in [3.63, 3.8) is 0 Å². The topological polar surface area (TPSA) is 89.0 Å². The zero-order valence-corrected chi connectivity index (χ0v) is 19.5. The van der Waals surface area contributed by atoms with Gasteiger partial charge in [-0.2, -0.15) is 0 Å². The number of Topliss-reactive ketones (excluding diaryl/α,β-unsaturated/α-hetero) is 1. The third-order valence-electron chi connectivity index (χ3n) is 6.02. The summed E-state index contributed by atoms with van der Waals surface area (Å²) in [5, 5.41) is 11.4. The molecule has 7 heteroatoms. The Morgan fingerprint density at radius 1 is 1.00 bits per heavy atom. The highest BCUT2D eigenvalue weighted by Gasteiger charge is 2.46. The van der Waals surface area contributed by atoms with Gasteiger partial charge in [-0.15, -0.1) is 0 Å². The Balaban J connectivity index is 1.85. The number of aromatic nitrogens is 1. The van der Waals surface area contributed by atoms with Crippen LogP contribution < -0.4 is 9.47 Å². The first-order valence-electron chi connectivity index (χ1n) is 10.8. The number of aliphatic hydroxyl groups excluding tert-OH is 1. The molecule has 1 aromatic heterocycles. The lowest BCUT2D eigenvalue weighted by Crippen LogP contribution is -2.29. The molecule has 4 rings (SSSR count). The molecule has 1 unspecified atom stereocenters. The number of aryl methyl sites for hydroxylation is 2. The van der Waals surface area contributed by atoms with Gasteiger partial charge in [0.25, 0.3) is 11.7 Å². The van der Waals surface area contributed by atoms with Gasteiger partial charge < -0.3 is 19.5 Å². The van der Waals surface area contributed by atoms with Gasteiger partial charge in [-0.1, -0.05) is 18.2 Å². The summed E-state index contributed by atoms with van der Waals surface area (Å²) in [7, 11) is 3.16. The van der Waals surface area contributed by atoms with Crippen LogP contribution in [0.15, 0.2) is 66.4 Å². The minimum Gasteiger partial charge on any atom is -0.507 e. The maximum atomic E-state index is 13.2. The number of pyridine rings is 1. The number of carbonyl (C=O) groups is 2. The van der Waals surface area contributed by atoms with Crippen molar-refractivity contribution in [2.45, 2.75) is 26.4 Å². The van der Waals surface area contributed by atoms with E-state index >= 15 is 0 Å². The molecular weight excluding hydrogens is 432 g/mol. The van der Waals surface area contributed by atoms with Crippen LogP contribution in [-0.2, 0) is 16.1 Å². The van der Waals surface area contributed by atoms with E-state index in [1.54, 1.807) is 62.9 Å². The van der Waals surface area contributed by atoms with Crippen molar-refractivity contribution in [1.29, 1.82) is 0 Å². The first-order valence-corrected chi connectivity index (χ1v) is 10.8. The Kier molecular flexibility index (Phi) is 6.36. The molecule has 0 spiro atoms. The number of methoxy groups -OCH3 is 2. The number of hydrogen-bond donors (Lipinski definition) is 1. The Labute approximate surface area is 198 Å². The number of hydrogen-bond acceptors (Lipinski definition) is 6. The smallest absolute Gasteiger partial charge is 0.296 e. The lowest BCUT2D eigenvalue weighted by molar-refractivity contribution is -0.140. The molecule has 0 radical (unpaired) electrons. The number of nitrogens with zero attached hydrogens (tertiary/aromatic N) is 2. The second-order valence-electron chi connectivity index (χ2n) is 8.17. The van der Waals surface area contributed by atoms with Crippen molar-refractivity contribution in [3.8, 4) is 11.5 Å². The second-order valence-corrected chi connectivity index (χ2v) is 8.17. The third-order valence-corrected chi connectivity index (χ3v) is 6.02. The number of amides is 1. The number of aliphatic hydroxyl groups is 1. The normalized spacial score (nSPS) is 17.2. The van der Waals surface area contributed by atoms with Gasteiger partial charge in [0.05, 0.1) is 25.5 Å². The van der Waals surface area contributed by atoms with Crippen molar-refractivity contribution >= 4 is 17.4 Å². The highest BCUT2D eigenvalue weighted by Crippen LogP contribution is 2.40. The molecular formula is C27H26N2O5. The molecule has 1 aliphatic rings. The van der Waals surface area contributed by atoms with Crippen LogP contribution in [0.25, 0.3) is 5.76 Å². The van der Waals surface area contributed by atoms with Gasteiger partial charge in [-0.25, -0.2) is 0 Å². The van der Waals surface area contributed by atoms with E-state index in [0.717, 1.165) is 16.7 Å². The van der Waals surface area contributed by atoms with Gasteiger partial charge in [0.1, 0.15) is 23.3 Å². The SMILES string of the molecule is COc1ccc(CN2C(=O)C(=O)/C(=C(/O)c3cc(C)c(OC)cc3C)C2c2ccccn2)cc1. The predicted octanol–water partition coefficient (Wildman–Crippen LogP) is 4.34. The quantitative estimate of drug-likeness (QED) is 0.336. The first kappa shape index (κ1) is 23.0. The van der Waals surface area contributed by atoms with E-state index in [9.17, 15) is 14.7 Å². The number of benzene rings is 2. The Morgan fingerprint density at radius 3 is 2.35 bits per heavy atom. The fraction of sp³-hybridized carbons (Fsp3) is 0.222. The number of likely N-dealkylation sites (tertiary alicyclic amines) is 1. The molecule has 0 aliphatic carbocycles. The Morgan fingerprint density at radius 2 is 1.74 bits per heavy atom. The maximum Gasteiger partial charge on any atom is 0.296 e. The number of ketones is 1. The molecule has 1 N–H and O–H groups in total. The summed E-state index contributed by atoms with van der Waals surface area (Å²) in [6.07, 6.45) is 1.60. The van der Waals surface area contributed by atoms with Crippen LogP contribution in [-0.4, -0.2) is 40.9 Å². The number of carbonyl (C=O) groups excluding carboxylic acids is 2. The third kappa shape index (κ3) is 4.12. The molecule has 2 aromatic carbocycles. The van der Waals surface area contributed by atoms with E-state index in [1.165, 1.54) is 4.90 Å². The van der Waals surface area contributed by atoms with Crippen LogP contribution in [0.2, 0.25) is 0 Å². The molecule has 1 amide bonds. The van der Waals surface area contributed by atoms with Gasteiger partial charge in [0, 0.05) is 18.3 Å². The van der Waals surface area contributed by atoms with Crippen LogP contribution in [0.5, 0.6) is 11.5 Å². The van der Waals surface area contributed by atoms with Crippen LogP contribution in [0, 0.1) is 13.8 Å². The maximum absolute atomic E-state index is 13.2. The molecule has 7 nitrogen and oxygen atoms in total. The average Bonchev–Trinajstić information content (AvgIpc) is 3.10. The minimum absolute atomic E-state index is 0.0184. The van der Waals surface area contributed by atoms with Gasteiger partial charge in [-0.05, 0) is 66.9 Å². The van der Waals surface area contributed by atoms with Crippen LogP contribution in [0.4, 0.5) is 0 Å². The van der Waals surface area contributed by atoms with Crippen molar-refractivity contribution in [1.82, 2.24) is 9.88 Å². The lowest BCUT2D eigenvalue weighted by Gasteiger charge is -2.25. The highest BCUT2D eigenvalue weighted by atomic mass is 16.5. The fourth-order valence-electron chi connectivity index (χ4n) is 4.23. The summed E-state index contributed by atoms with van der Waals surface area (Å²) in [4.78, 5) is 32.3. The molecule has 0 saturated carbocycles. The van der Waals surface area contributed by atoms with Crippen LogP contribution >= 0.6 is 0 Å². The molecule has 1 aliphatic heterocycles. The largest absolute Gasteiger partial charge is 0.507 e. The van der Waals surface area contributed by atoms with E-state index in [-0.39, 0.29) is 17.9 Å². The predicted molar refractivity (Wildman–Crippen MR) is 128 cm³/mol. The summed E-state index contributed by atoms with van der Waals surface area (Å²) < 4.78 is 10.6. The van der Waals surface area contributed by atoms with Crippen molar-refractivity contribution in [2.24, 2.45) is 0 Å². The molecule has 174 valence electrons. The first-order chi connectivity index (χ1) is 16.3. The monoisotopic (exact) mass is 458 g/mol. The van der Waals surface area contributed by atoms with Crippen molar-refractivity contribution in [2.75, 3.05) is 14.2 Å². The van der Waals surface area contributed by atoms with Gasteiger partial charge in [0.2, 0.25) is 0 Å². The zero-order chi connectivity index (χ0) is 24.4. The van der Waals surface area contributed by atoms with Crippen LogP contribution in [0.3, 0.4) is 0 Å². The standard InChI is InChI=1S/C27H26N2O5/c1-16-14-22(34-4)17(2)13-20(16)25(30)23-24(21-7-5-6-12-28-21)29(27(32)26(23)31)15-18-8-10-19(33-3)11-9-18/h5-14,24,30H,15H2,1-4H3/b25-23+. The summed E-state index contributed by atoms with van der Waals surface area (Å²) in [6.45, 7) is 3.85. The second kappa shape index (κ2) is 9.39. The number of rotatable bonds is 6. The fourth-order valence-corrected chi connectivity index (χ4v) is 4.23. The van der Waals surface area contributed by atoms with E-state index < -0.39 is 17.7 Å². The van der Waals surface area contributed by atoms with E-state index in [1.807, 2.05) is 26.0 Å². The van der Waals surface area contributed by atoms with E-state index in [0.29, 0.717) is 22.8 Å². The van der Waals surface area contributed by atoms with Gasteiger partial charge >= 0.3 is 0 Å². The lowest BCUT2D eigenvalue weighted by atomic mass is 9.95. The van der Waals surface area contributed by atoms with Crippen molar-refractivity contribution < 1.29 is 24.2 Å². The van der Waals surface area contributed by atoms with Crippen LogP contribution in [0.1, 0.15) is 34.0 Å². The molecule has 2 heterocycles. The van der Waals surface area contributed by atoms with E-state index in [2.05, 4.69) is 4.98 Å². The zero-order valence-electron chi connectivity index (χ0n) is 19.5. The molecule has 34 heavy (non-hydrogen) atoms.